The maximum absolute atomic E-state index is 13.3. The van der Waals surface area contributed by atoms with Gasteiger partial charge in [0.05, 0.1) is 25.1 Å². The minimum Gasteiger partial charge on any atom is -0.379 e. The fourth-order valence-corrected chi connectivity index (χ4v) is 6.21. The third-order valence-corrected chi connectivity index (χ3v) is 8.40. The highest BCUT2D eigenvalue weighted by atomic mass is 19.4. The Labute approximate surface area is 226 Å². The summed E-state index contributed by atoms with van der Waals surface area (Å²) in [4.78, 5) is 19.4. The molecular weight excluding hydrogens is 507 g/mol. The van der Waals surface area contributed by atoms with Crippen LogP contribution in [0.5, 0.6) is 0 Å². The number of anilines is 2. The number of hydrogen-bond donors (Lipinski definition) is 1. The van der Waals surface area contributed by atoms with E-state index in [2.05, 4.69) is 24.7 Å². The molecule has 4 heterocycles. The average Bonchev–Trinajstić information content (AvgIpc) is 3.41. The summed E-state index contributed by atoms with van der Waals surface area (Å²) >= 11 is 0. The van der Waals surface area contributed by atoms with Crippen molar-refractivity contribution >= 4 is 22.9 Å². The van der Waals surface area contributed by atoms with Gasteiger partial charge in [0.2, 0.25) is 5.95 Å². The summed E-state index contributed by atoms with van der Waals surface area (Å²) in [6, 6.07) is 6.31. The maximum Gasteiger partial charge on any atom is 0.416 e. The van der Waals surface area contributed by atoms with Gasteiger partial charge in [-0.25, -0.2) is 4.98 Å². The number of piperidine rings is 1. The molecule has 39 heavy (non-hydrogen) atoms. The van der Waals surface area contributed by atoms with Crippen LogP contribution < -0.4 is 10.2 Å². The average molecular weight is 544 g/mol. The zero-order valence-corrected chi connectivity index (χ0v) is 22.2. The van der Waals surface area contributed by atoms with Gasteiger partial charge in [-0.1, -0.05) is 31.4 Å². The summed E-state index contributed by atoms with van der Waals surface area (Å²) in [5.74, 6) is 1.23. The molecule has 210 valence electrons. The molecule has 0 bridgehead atoms. The van der Waals surface area contributed by atoms with Gasteiger partial charge in [-0.3, -0.25) is 4.90 Å². The molecular formula is C28H36F3N7O. The number of hydrogen-bond acceptors (Lipinski definition) is 7. The molecule has 0 spiro atoms. The fourth-order valence-electron chi connectivity index (χ4n) is 6.21. The van der Waals surface area contributed by atoms with E-state index in [-0.39, 0.29) is 6.54 Å². The summed E-state index contributed by atoms with van der Waals surface area (Å²) in [5.41, 5.74) is 1.35. The molecule has 0 radical (unpaired) electrons. The van der Waals surface area contributed by atoms with E-state index in [0.29, 0.717) is 34.9 Å². The van der Waals surface area contributed by atoms with E-state index in [1.165, 1.54) is 31.4 Å². The first-order valence-corrected chi connectivity index (χ1v) is 14.2. The Morgan fingerprint density at radius 3 is 2.44 bits per heavy atom. The topological polar surface area (TPSA) is 71.3 Å². The Balaban J connectivity index is 1.26. The molecule has 1 aliphatic carbocycles. The molecule has 1 aromatic carbocycles. The normalized spacial score (nSPS) is 20.5. The molecule has 1 saturated carbocycles. The van der Waals surface area contributed by atoms with Gasteiger partial charge in [0.25, 0.3) is 0 Å². The Morgan fingerprint density at radius 1 is 0.923 bits per heavy atom. The second-order valence-electron chi connectivity index (χ2n) is 10.9. The Hall–Kier alpha value is -2.92. The monoisotopic (exact) mass is 543 g/mol. The van der Waals surface area contributed by atoms with Crippen molar-refractivity contribution in [3.8, 4) is 0 Å². The first-order valence-electron chi connectivity index (χ1n) is 14.2. The quantitative estimate of drug-likeness (QED) is 0.455. The van der Waals surface area contributed by atoms with Crippen molar-refractivity contribution in [1.29, 1.82) is 0 Å². The van der Waals surface area contributed by atoms with Gasteiger partial charge in [-0.2, -0.15) is 23.1 Å². The zero-order chi connectivity index (χ0) is 26.8. The predicted octanol–water partition coefficient (Wildman–Crippen LogP) is 5.26. The lowest BCUT2D eigenvalue weighted by atomic mass is 9.95. The molecule has 3 aromatic rings. The van der Waals surface area contributed by atoms with E-state index in [4.69, 9.17) is 14.7 Å². The van der Waals surface area contributed by atoms with Crippen LogP contribution in [0.2, 0.25) is 0 Å². The molecule has 3 aliphatic rings. The lowest BCUT2D eigenvalue weighted by Crippen LogP contribution is -2.49. The second kappa shape index (κ2) is 11.3. The highest BCUT2D eigenvalue weighted by molar-refractivity contribution is 5.84. The number of imidazole rings is 1. The van der Waals surface area contributed by atoms with Crippen molar-refractivity contribution in [2.75, 3.05) is 49.6 Å². The zero-order valence-electron chi connectivity index (χ0n) is 22.2. The molecule has 2 aliphatic heterocycles. The van der Waals surface area contributed by atoms with Crippen molar-refractivity contribution < 1.29 is 17.9 Å². The third kappa shape index (κ3) is 5.84. The fraction of sp³-hybridized carbons (Fsp3) is 0.607. The van der Waals surface area contributed by atoms with Crippen LogP contribution >= 0.6 is 0 Å². The largest absolute Gasteiger partial charge is 0.416 e. The number of nitrogens with one attached hydrogen (secondary N) is 1. The number of rotatable bonds is 6. The lowest BCUT2D eigenvalue weighted by molar-refractivity contribution is -0.137. The summed E-state index contributed by atoms with van der Waals surface area (Å²) in [7, 11) is 0. The van der Waals surface area contributed by atoms with Gasteiger partial charge in [0.1, 0.15) is 0 Å². The highest BCUT2D eigenvalue weighted by Gasteiger charge is 2.31. The third-order valence-electron chi connectivity index (χ3n) is 8.40. The van der Waals surface area contributed by atoms with Crippen molar-refractivity contribution in [2.24, 2.45) is 0 Å². The molecule has 0 amide bonds. The number of alkyl halides is 3. The van der Waals surface area contributed by atoms with E-state index < -0.39 is 11.7 Å². The van der Waals surface area contributed by atoms with E-state index in [1.54, 1.807) is 6.07 Å². The van der Waals surface area contributed by atoms with Crippen LogP contribution in [0.25, 0.3) is 11.2 Å². The number of fused-ring (bicyclic) bond motifs is 1. The van der Waals surface area contributed by atoms with E-state index in [1.807, 2.05) is 6.33 Å². The molecule has 11 heteroatoms. The molecule has 0 atom stereocenters. The van der Waals surface area contributed by atoms with Gasteiger partial charge in [-0.15, -0.1) is 0 Å². The number of nitrogens with zero attached hydrogens (tertiary/aromatic N) is 6. The minimum atomic E-state index is -4.38. The number of morpholine rings is 1. The molecule has 3 fully saturated rings. The van der Waals surface area contributed by atoms with Gasteiger partial charge in [0.15, 0.2) is 17.0 Å². The van der Waals surface area contributed by atoms with Gasteiger partial charge < -0.3 is 19.5 Å². The lowest BCUT2D eigenvalue weighted by Gasteiger charge is -2.40. The molecule has 1 N–H and O–H groups in total. The number of aromatic nitrogens is 4. The van der Waals surface area contributed by atoms with Crippen LogP contribution in [0.3, 0.4) is 0 Å². The van der Waals surface area contributed by atoms with Crippen LogP contribution in [-0.4, -0.2) is 69.9 Å². The molecule has 2 saturated heterocycles. The summed E-state index contributed by atoms with van der Waals surface area (Å²) in [6.07, 6.45) is 5.40. The maximum atomic E-state index is 13.3. The van der Waals surface area contributed by atoms with Gasteiger partial charge in [-0.05, 0) is 43.4 Å². The molecule has 6 rings (SSSR count). The highest BCUT2D eigenvalue weighted by Crippen LogP contribution is 2.34. The van der Waals surface area contributed by atoms with E-state index in [0.717, 1.165) is 76.8 Å². The van der Waals surface area contributed by atoms with Crippen molar-refractivity contribution in [3.05, 3.63) is 41.7 Å². The predicted molar refractivity (Wildman–Crippen MR) is 144 cm³/mol. The Morgan fingerprint density at radius 2 is 1.69 bits per heavy atom. The summed E-state index contributed by atoms with van der Waals surface area (Å²) in [5, 5.41) is 3.30. The smallest absolute Gasteiger partial charge is 0.379 e. The van der Waals surface area contributed by atoms with Crippen molar-refractivity contribution in [2.45, 2.75) is 69.8 Å². The second-order valence-corrected chi connectivity index (χ2v) is 10.9. The van der Waals surface area contributed by atoms with Crippen LogP contribution in [-0.2, 0) is 17.5 Å². The van der Waals surface area contributed by atoms with E-state index >= 15 is 0 Å². The van der Waals surface area contributed by atoms with Crippen LogP contribution in [0.1, 0.15) is 62.1 Å². The summed E-state index contributed by atoms with van der Waals surface area (Å²) < 4.78 is 47.5. The number of benzene rings is 1. The number of halogens is 3. The van der Waals surface area contributed by atoms with Crippen molar-refractivity contribution in [3.63, 3.8) is 0 Å². The molecule has 8 nitrogen and oxygen atoms in total. The Kier molecular flexibility index (Phi) is 7.61. The van der Waals surface area contributed by atoms with Gasteiger partial charge in [0, 0.05) is 44.8 Å². The molecule has 0 unspecified atom stereocenters. The minimum absolute atomic E-state index is 0.213. The van der Waals surface area contributed by atoms with Crippen LogP contribution in [0, 0.1) is 0 Å². The van der Waals surface area contributed by atoms with Gasteiger partial charge >= 0.3 is 6.18 Å². The SMILES string of the molecule is FC(F)(F)c1cccc(CNc2nc(N3CCC(N4CCOCC4)CC3)nc3c2ncn3C2CCCCC2)c1. The first kappa shape index (κ1) is 26.3. The summed E-state index contributed by atoms with van der Waals surface area (Å²) in [6.45, 7) is 5.49. The first-order chi connectivity index (χ1) is 19.0. The Bertz CT molecular complexity index is 1260. The van der Waals surface area contributed by atoms with E-state index in [9.17, 15) is 13.2 Å². The standard InChI is InChI=1S/C28H36F3N7O/c29-28(30,31)21-6-4-5-20(17-21)18-32-25-24-26(38(19-33-24)23-7-2-1-3-8-23)35-27(34-25)37-11-9-22(10-12-37)36-13-15-39-16-14-36/h4-6,17,19,22-23H,1-3,7-16,18H2,(H,32,34,35). The number of ether oxygens (including phenoxy) is 1. The van der Waals surface area contributed by atoms with Crippen LogP contribution in [0.4, 0.5) is 24.9 Å². The van der Waals surface area contributed by atoms with Crippen LogP contribution in [0.15, 0.2) is 30.6 Å². The molecule has 2 aromatic heterocycles. The van der Waals surface area contributed by atoms with Crippen molar-refractivity contribution in [1.82, 2.24) is 24.4 Å².